The Balaban J connectivity index is 1.87. The van der Waals surface area contributed by atoms with Gasteiger partial charge >= 0.3 is 0 Å². The first-order valence-corrected chi connectivity index (χ1v) is 10.8. The molecule has 7 nitrogen and oxygen atoms in total. The van der Waals surface area contributed by atoms with E-state index in [1.54, 1.807) is 18.3 Å². The van der Waals surface area contributed by atoms with Crippen molar-refractivity contribution in [2.75, 3.05) is 36.8 Å². The van der Waals surface area contributed by atoms with Gasteiger partial charge in [-0.3, -0.25) is 4.79 Å². The summed E-state index contributed by atoms with van der Waals surface area (Å²) in [6.07, 6.45) is 2.84. The summed E-state index contributed by atoms with van der Waals surface area (Å²) < 4.78 is 0. The zero-order chi connectivity index (χ0) is 22.8. The minimum Gasteiger partial charge on any atom is -0.508 e. The van der Waals surface area contributed by atoms with Crippen molar-refractivity contribution in [3.05, 3.63) is 59.3 Å². The average Bonchev–Trinajstić information content (AvgIpc) is 3.07. The standard InChI is InChI=1S/C25H29N5O2/c1-15-4-5-21(31)16(2)23(15)19-12-18(13-20(24(19)26)25(27)32)17-6-8-29-22(14-17)30-10-3-7-28-9-11-30/h4-6,8,12-14,28,31H,3,7,9-11,26H2,1-2H3,(H2,27,32). The van der Waals surface area contributed by atoms with E-state index in [0.29, 0.717) is 16.8 Å². The average molecular weight is 432 g/mol. The van der Waals surface area contributed by atoms with Crippen LogP contribution in [0.4, 0.5) is 11.5 Å². The summed E-state index contributed by atoms with van der Waals surface area (Å²) in [4.78, 5) is 19.1. The molecule has 0 spiro atoms. The zero-order valence-electron chi connectivity index (χ0n) is 18.5. The number of aromatic hydroxyl groups is 1. The van der Waals surface area contributed by atoms with Gasteiger partial charge in [0.15, 0.2) is 0 Å². The molecule has 0 atom stereocenters. The van der Waals surface area contributed by atoms with Gasteiger partial charge in [-0.2, -0.15) is 0 Å². The van der Waals surface area contributed by atoms with Gasteiger partial charge in [-0.25, -0.2) is 4.98 Å². The van der Waals surface area contributed by atoms with Gasteiger partial charge in [-0.1, -0.05) is 6.07 Å². The number of anilines is 2. The maximum absolute atomic E-state index is 12.2. The molecule has 32 heavy (non-hydrogen) atoms. The molecule has 1 saturated heterocycles. The van der Waals surface area contributed by atoms with Crippen LogP contribution < -0.4 is 21.7 Å². The van der Waals surface area contributed by atoms with Crippen molar-refractivity contribution in [1.29, 1.82) is 0 Å². The summed E-state index contributed by atoms with van der Waals surface area (Å²) in [6, 6.07) is 11.1. The summed E-state index contributed by atoms with van der Waals surface area (Å²) in [5.74, 6) is 0.487. The predicted octanol–water partition coefficient (Wildman–Crippen LogP) is 3.22. The number of nitrogens with two attached hydrogens (primary N) is 2. The highest BCUT2D eigenvalue weighted by atomic mass is 16.3. The number of aryl methyl sites for hydroxylation is 1. The zero-order valence-corrected chi connectivity index (χ0v) is 18.5. The number of nitrogen functional groups attached to an aromatic ring is 1. The van der Waals surface area contributed by atoms with Crippen LogP contribution in [-0.4, -0.2) is 42.2 Å². The molecular formula is C25H29N5O2. The number of rotatable bonds is 4. The smallest absolute Gasteiger partial charge is 0.250 e. The lowest BCUT2D eigenvalue weighted by Crippen LogP contribution is -2.28. The summed E-state index contributed by atoms with van der Waals surface area (Å²) in [5, 5.41) is 13.7. The van der Waals surface area contributed by atoms with Crippen molar-refractivity contribution in [3.8, 4) is 28.0 Å². The van der Waals surface area contributed by atoms with Gasteiger partial charge in [0.1, 0.15) is 11.6 Å². The monoisotopic (exact) mass is 431 g/mol. The second-order valence-electron chi connectivity index (χ2n) is 8.24. The van der Waals surface area contributed by atoms with Crippen LogP contribution in [0, 0.1) is 13.8 Å². The number of aromatic nitrogens is 1. The normalized spacial score (nSPS) is 14.2. The SMILES string of the molecule is Cc1ccc(O)c(C)c1-c1cc(-c2ccnc(N3CCCNCC3)c2)cc(C(N)=O)c1N. The molecule has 2 heterocycles. The van der Waals surface area contributed by atoms with Crippen LogP contribution in [0.1, 0.15) is 27.9 Å². The first kappa shape index (κ1) is 21.6. The van der Waals surface area contributed by atoms with Crippen LogP contribution >= 0.6 is 0 Å². The molecule has 3 aromatic rings. The fourth-order valence-corrected chi connectivity index (χ4v) is 4.33. The molecule has 6 N–H and O–H groups in total. The molecule has 0 radical (unpaired) electrons. The molecule has 1 aliphatic heterocycles. The number of nitrogens with zero attached hydrogens (tertiary/aromatic N) is 2. The molecule has 2 aromatic carbocycles. The number of phenolic OH excluding ortho intramolecular Hbond substituents is 1. The number of pyridine rings is 1. The van der Waals surface area contributed by atoms with E-state index in [1.165, 1.54) is 0 Å². The molecule has 166 valence electrons. The van der Waals surface area contributed by atoms with E-state index in [1.807, 2.05) is 38.1 Å². The Hall–Kier alpha value is -3.58. The van der Waals surface area contributed by atoms with Crippen LogP contribution in [0.2, 0.25) is 0 Å². The number of primary amides is 1. The van der Waals surface area contributed by atoms with Crippen LogP contribution in [0.5, 0.6) is 5.75 Å². The van der Waals surface area contributed by atoms with Crippen LogP contribution in [0.3, 0.4) is 0 Å². The Morgan fingerprint density at radius 2 is 1.91 bits per heavy atom. The predicted molar refractivity (Wildman–Crippen MR) is 129 cm³/mol. The fraction of sp³-hybridized carbons (Fsp3) is 0.280. The number of phenols is 1. The number of amides is 1. The third-order valence-corrected chi connectivity index (χ3v) is 6.10. The van der Waals surface area contributed by atoms with Crippen molar-refractivity contribution >= 4 is 17.4 Å². The molecular weight excluding hydrogens is 402 g/mol. The molecule has 1 fully saturated rings. The first-order valence-electron chi connectivity index (χ1n) is 10.8. The van der Waals surface area contributed by atoms with Gasteiger partial charge in [0, 0.05) is 31.4 Å². The number of hydrogen-bond acceptors (Lipinski definition) is 6. The Kier molecular flexibility index (Phi) is 6.01. The van der Waals surface area contributed by atoms with Crippen molar-refractivity contribution in [2.45, 2.75) is 20.3 Å². The van der Waals surface area contributed by atoms with Crippen LogP contribution in [-0.2, 0) is 0 Å². The number of nitrogens with one attached hydrogen (secondary N) is 1. The Morgan fingerprint density at radius 3 is 2.69 bits per heavy atom. The van der Waals surface area contributed by atoms with Crippen LogP contribution in [0.25, 0.3) is 22.3 Å². The van der Waals surface area contributed by atoms with Crippen molar-refractivity contribution in [1.82, 2.24) is 10.3 Å². The summed E-state index contributed by atoms with van der Waals surface area (Å²) in [6.45, 7) is 7.53. The van der Waals surface area contributed by atoms with E-state index in [4.69, 9.17) is 11.5 Å². The second-order valence-corrected chi connectivity index (χ2v) is 8.24. The molecule has 1 aromatic heterocycles. The van der Waals surface area contributed by atoms with Gasteiger partial charge in [0.25, 0.3) is 5.91 Å². The molecule has 4 rings (SSSR count). The van der Waals surface area contributed by atoms with Crippen molar-refractivity contribution in [2.24, 2.45) is 5.73 Å². The lowest BCUT2D eigenvalue weighted by molar-refractivity contribution is 0.100. The minimum absolute atomic E-state index is 0.178. The van der Waals surface area contributed by atoms with E-state index < -0.39 is 5.91 Å². The van der Waals surface area contributed by atoms with E-state index in [2.05, 4.69) is 15.2 Å². The number of carbonyl (C=O) groups excluding carboxylic acids is 1. The molecule has 0 unspecified atom stereocenters. The summed E-state index contributed by atoms with van der Waals surface area (Å²) >= 11 is 0. The highest BCUT2D eigenvalue weighted by Crippen LogP contribution is 2.40. The fourth-order valence-electron chi connectivity index (χ4n) is 4.33. The largest absolute Gasteiger partial charge is 0.508 e. The van der Waals surface area contributed by atoms with E-state index in [9.17, 15) is 9.90 Å². The topological polar surface area (TPSA) is 118 Å². The maximum atomic E-state index is 12.2. The van der Waals surface area contributed by atoms with E-state index in [0.717, 1.165) is 60.7 Å². The van der Waals surface area contributed by atoms with Crippen molar-refractivity contribution < 1.29 is 9.90 Å². The minimum atomic E-state index is -0.589. The number of hydrogen-bond donors (Lipinski definition) is 4. The third kappa shape index (κ3) is 4.11. The van der Waals surface area contributed by atoms with Gasteiger partial charge in [-0.15, -0.1) is 0 Å². The van der Waals surface area contributed by atoms with E-state index in [-0.39, 0.29) is 11.3 Å². The Labute approximate surface area is 188 Å². The highest BCUT2D eigenvalue weighted by Gasteiger charge is 2.19. The molecule has 0 saturated carbocycles. The Bertz CT molecular complexity index is 1170. The Morgan fingerprint density at radius 1 is 1.09 bits per heavy atom. The lowest BCUT2D eigenvalue weighted by Gasteiger charge is -2.22. The van der Waals surface area contributed by atoms with Crippen LogP contribution in [0.15, 0.2) is 42.6 Å². The van der Waals surface area contributed by atoms with Crippen molar-refractivity contribution in [3.63, 3.8) is 0 Å². The second kappa shape index (κ2) is 8.88. The molecule has 0 aliphatic carbocycles. The van der Waals surface area contributed by atoms with E-state index >= 15 is 0 Å². The molecule has 0 bridgehead atoms. The highest BCUT2D eigenvalue weighted by molar-refractivity contribution is 6.04. The lowest BCUT2D eigenvalue weighted by atomic mass is 9.89. The number of carbonyl (C=O) groups is 1. The van der Waals surface area contributed by atoms with Gasteiger partial charge in [-0.05, 0) is 85.0 Å². The van der Waals surface area contributed by atoms with Gasteiger partial charge in [0.05, 0.1) is 11.3 Å². The maximum Gasteiger partial charge on any atom is 0.250 e. The molecule has 7 heteroatoms. The summed E-state index contributed by atoms with van der Waals surface area (Å²) in [5.41, 5.74) is 17.5. The first-order chi connectivity index (χ1) is 15.4. The van der Waals surface area contributed by atoms with Gasteiger partial charge in [0.2, 0.25) is 0 Å². The van der Waals surface area contributed by atoms with Gasteiger partial charge < -0.3 is 26.8 Å². The molecule has 1 aliphatic rings. The molecule has 1 amide bonds. The quantitative estimate of drug-likeness (QED) is 0.471. The third-order valence-electron chi connectivity index (χ3n) is 6.10. The number of benzene rings is 2. The summed E-state index contributed by atoms with van der Waals surface area (Å²) in [7, 11) is 0.